The predicted molar refractivity (Wildman–Crippen MR) is 209 cm³/mol. The number of ether oxygens (including phenoxy) is 1. The van der Waals surface area contributed by atoms with Crippen molar-refractivity contribution in [2.24, 2.45) is 0 Å². The van der Waals surface area contributed by atoms with Gasteiger partial charge in [0.05, 0.1) is 5.41 Å². The standard InChI is InChI=1S/C48H29N3O/c1-2-15-32-29-33(28-27-30(32)13-1)45-49-46(35-19-11-16-31-14-3-4-17-34(31)35)51-47(50-45)37-20-12-24-41-44(37)36-18-5-6-21-38(36)48(41)39-22-7-9-25-42(39)52-43-26-10-8-23-40(43)48/h1-29H. The van der Waals surface area contributed by atoms with Crippen molar-refractivity contribution in [2.75, 3.05) is 0 Å². The fourth-order valence-electron chi connectivity index (χ4n) is 8.58. The Kier molecular flexibility index (Phi) is 6.13. The van der Waals surface area contributed by atoms with E-state index < -0.39 is 5.41 Å². The first kappa shape index (κ1) is 28.9. The van der Waals surface area contributed by atoms with Gasteiger partial charge in [0.15, 0.2) is 17.5 Å². The fourth-order valence-corrected chi connectivity index (χ4v) is 8.58. The summed E-state index contributed by atoms with van der Waals surface area (Å²) < 4.78 is 6.57. The Morgan fingerprint density at radius 2 is 0.904 bits per heavy atom. The second kappa shape index (κ2) is 11.0. The Bertz CT molecular complexity index is 2860. The van der Waals surface area contributed by atoms with E-state index in [9.17, 15) is 0 Å². The predicted octanol–water partition coefficient (Wildman–Crippen LogP) is 11.6. The smallest absolute Gasteiger partial charge is 0.164 e. The number of hydrogen-bond donors (Lipinski definition) is 0. The van der Waals surface area contributed by atoms with Crippen LogP contribution in [0.4, 0.5) is 0 Å². The molecule has 8 aromatic carbocycles. The van der Waals surface area contributed by atoms with E-state index in [2.05, 4.69) is 164 Å². The summed E-state index contributed by atoms with van der Waals surface area (Å²) in [5.41, 5.74) is 9.26. The third-order valence-electron chi connectivity index (χ3n) is 10.8. The van der Waals surface area contributed by atoms with Gasteiger partial charge in [-0.2, -0.15) is 0 Å². The van der Waals surface area contributed by atoms with E-state index >= 15 is 0 Å². The van der Waals surface area contributed by atoms with Gasteiger partial charge in [-0.3, -0.25) is 0 Å². The van der Waals surface area contributed by atoms with Gasteiger partial charge in [0, 0.05) is 27.8 Å². The van der Waals surface area contributed by atoms with Gasteiger partial charge in [-0.25, -0.2) is 15.0 Å². The average molecular weight is 664 g/mol. The zero-order valence-corrected chi connectivity index (χ0v) is 28.0. The molecule has 1 spiro atoms. The van der Waals surface area contributed by atoms with Crippen molar-refractivity contribution in [3.63, 3.8) is 0 Å². The first-order valence-corrected chi connectivity index (χ1v) is 17.6. The molecular formula is C48H29N3O. The van der Waals surface area contributed by atoms with Gasteiger partial charge in [0.1, 0.15) is 11.5 Å². The van der Waals surface area contributed by atoms with E-state index in [4.69, 9.17) is 19.7 Å². The molecule has 0 amide bonds. The highest BCUT2D eigenvalue weighted by Crippen LogP contribution is 2.63. The van der Waals surface area contributed by atoms with Gasteiger partial charge in [0.25, 0.3) is 0 Å². The van der Waals surface area contributed by atoms with Crippen molar-refractivity contribution >= 4 is 21.5 Å². The van der Waals surface area contributed by atoms with Gasteiger partial charge in [-0.15, -0.1) is 0 Å². The third-order valence-corrected chi connectivity index (χ3v) is 10.8. The van der Waals surface area contributed by atoms with E-state index in [-0.39, 0.29) is 0 Å². The highest BCUT2D eigenvalue weighted by atomic mass is 16.5. The molecule has 1 aliphatic carbocycles. The highest BCUT2D eigenvalue weighted by molar-refractivity contribution is 5.98. The molecule has 2 heterocycles. The van der Waals surface area contributed by atoms with Crippen molar-refractivity contribution in [1.82, 2.24) is 15.0 Å². The van der Waals surface area contributed by atoms with Crippen molar-refractivity contribution in [3.8, 4) is 56.8 Å². The molecule has 0 fully saturated rings. The minimum Gasteiger partial charge on any atom is -0.457 e. The van der Waals surface area contributed by atoms with Crippen LogP contribution in [-0.4, -0.2) is 15.0 Å². The van der Waals surface area contributed by atoms with Crippen molar-refractivity contribution < 1.29 is 4.74 Å². The molecule has 0 saturated carbocycles. The summed E-state index contributed by atoms with van der Waals surface area (Å²) in [6.45, 7) is 0. The van der Waals surface area contributed by atoms with Crippen molar-refractivity contribution in [3.05, 3.63) is 198 Å². The van der Waals surface area contributed by atoms with Crippen LogP contribution in [0.25, 0.3) is 66.8 Å². The summed E-state index contributed by atoms with van der Waals surface area (Å²) in [5.74, 6) is 3.65. The molecule has 242 valence electrons. The molecule has 0 N–H and O–H groups in total. The van der Waals surface area contributed by atoms with Crippen LogP contribution in [0, 0.1) is 0 Å². The number of benzene rings is 8. The van der Waals surface area contributed by atoms with Crippen LogP contribution in [-0.2, 0) is 5.41 Å². The molecule has 2 aliphatic rings. The van der Waals surface area contributed by atoms with Crippen LogP contribution in [0.5, 0.6) is 11.5 Å². The van der Waals surface area contributed by atoms with Gasteiger partial charge < -0.3 is 4.74 Å². The number of aromatic nitrogens is 3. The number of rotatable bonds is 3. The fraction of sp³-hybridized carbons (Fsp3) is 0.0208. The zero-order chi connectivity index (χ0) is 34.2. The summed E-state index contributed by atoms with van der Waals surface area (Å²) in [6.07, 6.45) is 0. The summed E-state index contributed by atoms with van der Waals surface area (Å²) in [6, 6.07) is 61.9. The summed E-state index contributed by atoms with van der Waals surface area (Å²) in [5, 5.41) is 4.56. The molecule has 11 rings (SSSR count). The normalized spacial score (nSPS) is 13.3. The quantitative estimate of drug-likeness (QED) is 0.189. The monoisotopic (exact) mass is 663 g/mol. The highest BCUT2D eigenvalue weighted by Gasteiger charge is 2.51. The van der Waals surface area contributed by atoms with Crippen LogP contribution in [0.3, 0.4) is 0 Å². The zero-order valence-electron chi connectivity index (χ0n) is 28.0. The maximum atomic E-state index is 6.57. The van der Waals surface area contributed by atoms with Gasteiger partial charge in [-0.1, -0.05) is 158 Å². The summed E-state index contributed by atoms with van der Waals surface area (Å²) in [7, 11) is 0. The Labute approximate surface area is 300 Å². The van der Waals surface area contributed by atoms with E-state index in [1.165, 1.54) is 22.1 Å². The molecule has 52 heavy (non-hydrogen) atoms. The van der Waals surface area contributed by atoms with E-state index in [1.54, 1.807) is 0 Å². The average Bonchev–Trinajstić information content (AvgIpc) is 3.51. The SMILES string of the molecule is c1ccc2c(c1)Oc1ccccc1C21c2ccccc2-c2c(-c3nc(-c4ccc5ccccc5c4)nc(-c4cccc5ccccc45)n3)cccc21. The van der Waals surface area contributed by atoms with Crippen LogP contribution < -0.4 is 4.74 Å². The Morgan fingerprint density at radius 3 is 1.71 bits per heavy atom. The van der Waals surface area contributed by atoms with Crippen LogP contribution in [0.2, 0.25) is 0 Å². The Balaban J connectivity index is 1.22. The molecule has 4 heteroatoms. The molecule has 0 atom stereocenters. The number of fused-ring (bicyclic) bond motifs is 11. The minimum atomic E-state index is -0.583. The minimum absolute atomic E-state index is 0.583. The molecule has 0 radical (unpaired) electrons. The molecular weight excluding hydrogens is 635 g/mol. The Hall–Kier alpha value is -6.91. The van der Waals surface area contributed by atoms with Crippen molar-refractivity contribution in [1.29, 1.82) is 0 Å². The van der Waals surface area contributed by atoms with Crippen molar-refractivity contribution in [2.45, 2.75) is 5.41 Å². The molecule has 0 bridgehead atoms. The maximum absolute atomic E-state index is 6.57. The van der Waals surface area contributed by atoms with E-state index in [0.29, 0.717) is 17.5 Å². The number of nitrogens with zero attached hydrogens (tertiary/aromatic N) is 3. The molecule has 9 aromatic rings. The lowest BCUT2D eigenvalue weighted by molar-refractivity contribution is 0.436. The second-order valence-electron chi connectivity index (χ2n) is 13.5. The first-order chi connectivity index (χ1) is 25.8. The van der Waals surface area contributed by atoms with Gasteiger partial charge in [-0.05, 0) is 62.0 Å². The molecule has 0 unspecified atom stereocenters. The lowest BCUT2D eigenvalue weighted by atomic mass is 9.66. The topological polar surface area (TPSA) is 47.9 Å². The van der Waals surface area contributed by atoms with Gasteiger partial charge in [0.2, 0.25) is 0 Å². The summed E-state index contributed by atoms with van der Waals surface area (Å²) in [4.78, 5) is 15.8. The maximum Gasteiger partial charge on any atom is 0.164 e. The second-order valence-corrected chi connectivity index (χ2v) is 13.5. The molecule has 1 aliphatic heterocycles. The molecule has 1 aromatic heterocycles. The summed E-state index contributed by atoms with van der Waals surface area (Å²) >= 11 is 0. The lowest BCUT2D eigenvalue weighted by Gasteiger charge is -2.39. The molecule has 0 saturated heterocycles. The first-order valence-electron chi connectivity index (χ1n) is 17.6. The Morgan fingerprint density at radius 1 is 0.365 bits per heavy atom. The van der Waals surface area contributed by atoms with Crippen LogP contribution >= 0.6 is 0 Å². The van der Waals surface area contributed by atoms with Crippen LogP contribution in [0.15, 0.2) is 176 Å². The molecule has 4 nitrogen and oxygen atoms in total. The number of para-hydroxylation sites is 2. The largest absolute Gasteiger partial charge is 0.457 e. The number of hydrogen-bond acceptors (Lipinski definition) is 4. The van der Waals surface area contributed by atoms with Crippen LogP contribution in [0.1, 0.15) is 22.3 Å². The van der Waals surface area contributed by atoms with E-state index in [0.717, 1.165) is 61.0 Å². The van der Waals surface area contributed by atoms with E-state index in [1.807, 2.05) is 12.1 Å². The lowest BCUT2D eigenvalue weighted by Crippen LogP contribution is -2.32. The third kappa shape index (κ3) is 4.06. The van der Waals surface area contributed by atoms with Gasteiger partial charge >= 0.3 is 0 Å².